The highest BCUT2D eigenvalue weighted by Gasteiger charge is 2.21. The third-order valence-electron chi connectivity index (χ3n) is 4.39. The Labute approximate surface area is 133 Å². The molecule has 0 atom stereocenters. The van der Waals surface area contributed by atoms with Crippen molar-refractivity contribution in [2.75, 3.05) is 0 Å². The molecule has 0 saturated heterocycles. The minimum Gasteiger partial charge on any atom is -0.314 e. The van der Waals surface area contributed by atoms with Gasteiger partial charge in [0.15, 0.2) is 11.2 Å². The monoisotopic (exact) mass is 315 g/mol. The summed E-state index contributed by atoms with van der Waals surface area (Å²) in [6, 6.07) is 0. The maximum atomic E-state index is 12.8. The minimum atomic E-state index is -0.375. The molecule has 7 nitrogen and oxygen atoms in total. The summed E-state index contributed by atoms with van der Waals surface area (Å²) in [7, 11) is 1.64. The van der Waals surface area contributed by atoms with Crippen LogP contribution in [0.5, 0.6) is 0 Å². The topological polar surface area (TPSA) is 66.2 Å². The minimum absolute atomic E-state index is 0.183. The van der Waals surface area contributed by atoms with Gasteiger partial charge in [-0.15, -0.1) is 6.58 Å². The van der Waals surface area contributed by atoms with Gasteiger partial charge in [0.1, 0.15) is 0 Å². The molecular formula is C16H21N5O2. The predicted molar refractivity (Wildman–Crippen MR) is 90.2 cm³/mol. The van der Waals surface area contributed by atoms with Gasteiger partial charge >= 0.3 is 5.69 Å². The van der Waals surface area contributed by atoms with Gasteiger partial charge in [-0.05, 0) is 20.3 Å². The Hall–Kier alpha value is -2.57. The van der Waals surface area contributed by atoms with Gasteiger partial charge in [-0.25, -0.2) is 4.79 Å². The van der Waals surface area contributed by atoms with Crippen LogP contribution in [0.2, 0.25) is 0 Å². The molecule has 23 heavy (non-hydrogen) atoms. The summed E-state index contributed by atoms with van der Waals surface area (Å²) in [5.41, 5.74) is 2.21. The Morgan fingerprint density at radius 1 is 1.17 bits per heavy atom. The fourth-order valence-electron chi connectivity index (χ4n) is 3.10. The van der Waals surface area contributed by atoms with E-state index in [1.54, 1.807) is 13.1 Å². The average Bonchev–Trinajstić information content (AvgIpc) is 3.02. The Balaban J connectivity index is 2.58. The van der Waals surface area contributed by atoms with Crippen molar-refractivity contribution in [2.24, 2.45) is 7.05 Å². The Bertz CT molecular complexity index is 1040. The number of aryl methyl sites for hydroxylation is 3. The van der Waals surface area contributed by atoms with E-state index < -0.39 is 0 Å². The van der Waals surface area contributed by atoms with Crippen LogP contribution in [0.15, 0.2) is 22.2 Å². The fourth-order valence-corrected chi connectivity index (χ4v) is 3.10. The van der Waals surface area contributed by atoms with E-state index in [9.17, 15) is 9.59 Å². The van der Waals surface area contributed by atoms with Gasteiger partial charge in [0, 0.05) is 31.5 Å². The Morgan fingerprint density at radius 2 is 1.87 bits per heavy atom. The SMILES string of the molecule is C=CCn1c(=O)c2c(nc3n(CCC)c(C)c(C)n23)n(C)c1=O. The first kappa shape index (κ1) is 15.3. The molecule has 0 aliphatic heterocycles. The van der Waals surface area contributed by atoms with Crippen molar-refractivity contribution < 1.29 is 0 Å². The first-order chi connectivity index (χ1) is 10.9. The van der Waals surface area contributed by atoms with E-state index >= 15 is 0 Å². The van der Waals surface area contributed by atoms with Gasteiger partial charge in [0.2, 0.25) is 5.78 Å². The molecule has 0 aliphatic rings. The number of aromatic nitrogens is 5. The van der Waals surface area contributed by atoms with Crippen molar-refractivity contribution >= 4 is 16.9 Å². The molecule has 0 amide bonds. The van der Waals surface area contributed by atoms with Crippen LogP contribution >= 0.6 is 0 Å². The quantitative estimate of drug-likeness (QED) is 0.683. The van der Waals surface area contributed by atoms with Crippen molar-refractivity contribution in [1.82, 2.24) is 23.1 Å². The summed E-state index contributed by atoms with van der Waals surface area (Å²) in [5.74, 6) is 0.709. The van der Waals surface area contributed by atoms with E-state index in [-0.39, 0.29) is 17.8 Å². The summed E-state index contributed by atoms with van der Waals surface area (Å²) in [6.07, 6.45) is 2.51. The second-order valence-corrected chi connectivity index (χ2v) is 5.79. The molecule has 3 rings (SSSR count). The molecule has 3 aromatic heterocycles. The molecule has 3 heterocycles. The smallest absolute Gasteiger partial charge is 0.314 e. The van der Waals surface area contributed by atoms with Crippen molar-refractivity contribution in [2.45, 2.75) is 40.3 Å². The lowest BCUT2D eigenvalue weighted by molar-refractivity contribution is 0.665. The summed E-state index contributed by atoms with van der Waals surface area (Å²) in [6.45, 7) is 10.7. The molecular weight excluding hydrogens is 294 g/mol. The molecule has 0 bridgehead atoms. The van der Waals surface area contributed by atoms with E-state index in [0.717, 1.165) is 24.4 Å². The van der Waals surface area contributed by atoms with Gasteiger partial charge in [-0.2, -0.15) is 4.98 Å². The number of hydrogen-bond acceptors (Lipinski definition) is 3. The largest absolute Gasteiger partial charge is 0.332 e. The number of rotatable bonds is 4. The Morgan fingerprint density at radius 3 is 2.48 bits per heavy atom. The molecule has 122 valence electrons. The average molecular weight is 315 g/mol. The van der Waals surface area contributed by atoms with Crippen LogP contribution in [-0.2, 0) is 20.1 Å². The van der Waals surface area contributed by atoms with Crippen molar-refractivity contribution in [1.29, 1.82) is 0 Å². The number of nitrogens with zero attached hydrogens (tertiary/aromatic N) is 5. The van der Waals surface area contributed by atoms with Gasteiger partial charge in [-0.1, -0.05) is 13.0 Å². The molecule has 0 radical (unpaired) electrons. The predicted octanol–water partition coefficient (Wildman–Crippen LogP) is 1.36. The summed E-state index contributed by atoms with van der Waals surface area (Å²) >= 11 is 0. The normalized spacial score (nSPS) is 11.7. The lowest BCUT2D eigenvalue weighted by atomic mass is 10.3. The zero-order chi connectivity index (χ0) is 16.9. The van der Waals surface area contributed by atoms with Gasteiger partial charge < -0.3 is 4.57 Å². The summed E-state index contributed by atoms with van der Waals surface area (Å²) < 4.78 is 6.58. The van der Waals surface area contributed by atoms with Crippen LogP contribution in [-0.4, -0.2) is 23.1 Å². The van der Waals surface area contributed by atoms with Crippen LogP contribution in [0.3, 0.4) is 0 Å². The van der Waals surface area contributed by atoms with Crippen molar-refractivity contribution in [3.63, 3.8) is 0 Å². The highest BCUT2D eigenvalue weighted by Crippen LogP contribution is 2.20. The fraction of sp³-hybridized carbons (Fsp3) is 0.438. The third kappa shape index (κ3) is 1.92. The molecule has 7 heteroatoms. The van der Waals surface area contributed by atoms with Crippen molar-refractivity contribution in [3.8, 4) is 0 Å². The maximum Gasteiger partial charge on any atom is 0.332 e. The maximum absolute atomic E-state index is 12.8. The van der Waals surface area contributed by atoms with E-state index in [1.165, 1.54) is 9.13 Å². The molecule has 0 fully saturated rings. The number of allylic oxidation sites excluding steroid dienone is 1. The first-order valence-electron chi connectivity index (χ1n) is 7.72. The standard InChI is InChI=1S/C16H21N5O2/c1-6-8-19-10(3)11(4)21-12-13(17-15(19)21)18(5)16(23)20(9-7-2)14(12)22/h7H,2,6,8-9H2,1,3-5H3. The molecule has 0 saturated carbocycles. The van der Waals surface area contributed by atoms with Gasteiger partial charge in [0.05, 0.1) is 0 Å². The molecule has 0 spiro atoms. The lowest BCUT2D eigenvalue weighted by Gasteiger charge is -2.06. The molecule has 0 aromatic carbocycles. The van der Waals surface area contributed by atoms with Crippen LogP contribution in [0.1, 0.15) is 24.7 Å². The second-order valence-electron chi connectivity index (χ2n) is 5.79. The number of imidazole rings is 2. The molecule has 3 aromatic rings. The molecule has 0 aliphatic carbocycles. The summed E-state index contributed by atoms with van der Waals surface area (Å²) in [4.78, 5) is 29.8. The highest BCUT2D eigenvalue weighted by atomic mass is 16.2. The zero-order valence-corrected chi connectivity index (χ0v) is 14.0. The van der Waals surface area contributed by atoms with Crippen LogP contribution in [0.4, 0.5) is 0 Å². The third-order valence-corrected chi connectivity index (χ3v) is 4.39. The highest BCUT2D eigenvalue weighted by molar-refractivity contribution is 5.76. The molecule has 0 N–H and O–H groups in total. The van der Waals surface area contributed by atoms with E-state index in [2.05, 4.69) is 23.1 Å². The molecule has 0 unspecified atom stereocenters. The van der Waals surface area contributed by atoms with E-state index in [4.69, 9.17) is 0 Å². The number of fused-ring (bicyclic) bond motifs is 3. The second kappa shape index (κ2) is 5.26. The van der Waals surface area contributed by atoms with Crippen LogP contribution < -0.4 is 11.2 Å². The van der Waals surface area contributed by atoms with Crippen molar-refractivity contribution in [3.05, 3.63) is 44.9 Å². The van der Waals surface area contributed by atoms with Gasteiger partial charge in [0.25, 0.3) is 5.56 Å². The van der Waals surface area contributed by atoms with Crippen LogP contribution in [0, 0.1) is 13.8 Å². The first-order valence-corrected chi connectivity index (χ1v) is 7.72. The van der Waals surface area contributed by atoms with E-state index in [0.29, 0.717) is 16.9 Å². The summed E-state index contributed by atoms with van der Waals surface area (Å²) in [5, 5.41) is 0. The number of hydrogen-bond donors (Lipinski definition) is 0. The van der Waals surface area contributed by atoms with Crippen LogP contribution in [0.25, 0.3) is 16.9 Å². The van der Waals surface area contributed by atoms with Gasteiger partial charge in [-0.3, -0.25) is 18.3 Å². The van der Waals surface area contributed by atoms with E-state index in [1.807, 2.05) is 18.2 Å². The Kier molecular flexibility index (Phi) is 3.50. The lowest BCUT2D eigenvalue weighted by Crippen LogP contribution is -2.39. The zero-order valence-electron chi connectivity index (χ0n) is 14.0.